The van der Waals surface area contributed by atoms with Gasteiger partial charge in [-0.3, -0.25) is 0 Å². The highest BCUT2D eigenvalue weighted by atomic mass is 16.5. The van der Waals surface area contributed by atoms with E-state index in [0.717, 1.165) is 25.2 Å². The molecule has 0 radical (unpaired) electrons. The fraction of sp³-hybridized carbons (Fsp3) is 0.944. The molecule has 0 unspecified atom stereocenters. The molecular weight excluding hydrogens is 280 g/mol. The zero-order valence-corrected chi connectivity index (χ0v) is 14.5. The van der Waals surface area contributed by atoms with E-state index >= 15 is 0 Å². The van der Waals surface area contributed by atoms with Gasteiger partial charge < -0.3 is 15.3 Å². The van der Waals surface area contributed by atoms with Crippen molar-refractivity contribution in [2.75, 3.05) is 0 Å². The van der Waals surface area contributed by atoms with Gasteiger partial charge in [-0.1, -0.05) is 84.5 Å². The average molecular weight is 316 g/mol. The molecule has 0 aromatic heterocycles. The van der Waals surface area contributed by atoms with Crippen LogP contribution in [-0.2, 0) is 4.79 Å². The lowest BCUT2D eigenvalue weighted by Gasteiger charge is -2.15. The van der Waals surface area contributed by atoms with E-state index in [4.69, 9.17) is 15.3 Å². The van der Waals surface area contributed by atoms with Crippen LogP contribution < -0.4 is 0 Å². The van der Waals surface area contributed by atoms with Gasteiger partial charge in [0.1, 0.15) is 0 Å². The standard InChI is InChI=1S/C18H36O4/c1-16(2)14-12-10-8-6-4-3-5-7-9-11-13-15-18(21,22)17(19)20/h16,21-22H,3-15H2,1-2H3,(H,19,20). The minimum atomic E-state index is -2.55. The van der Waals surface area contributed by atoms with Crippen molar-refractivity contribution >= 4 is 5.97 Å². The van der Waals surface area contributed by atoms with E-state index in [1.165, 1.54) is 51.4 Å². The van der Waals surface area contributed by atoms with Gasteiger partial charge in [-0.15, -0.1) is 0 Å². The van der Waals surface area contributed by atoms with Crippen LogP contribution in [0.25, 0.3) is 0 Å². The van der Waals surface area contributed by atoms with Crippen LogP contribution in [-0.4, -0.2) is 27.1 Å². The van der Waals surface area contributed by atoms with Crippen molar-refractivity contribution in [3.05, 3.63) is 0 Å². The Labute approximate surface area is 135 Å². The number of carboxylic acid groups (broad SMARTS) is 1. The summed E-state index contributed by atoms with van der Waals surface area (Å²) in [7, 11) is 0. The van der Waals surface area contributed by atoms with Gasteiger partial charge in [-0.2, -0.15) is 0 Å². The smallest absolute Gasteiger partial charge is 0.364 e. The third-order valence-corrected chi connectivity index (χ3v) is 4.15. The zero-order valence-electron chi connectivity index (χ0n) is 14.5. The second-order valence-corrected chi connectivity index (χ2v) is 6.94. The molecule has 22 heavy (non-hydrogen) atoms. The van der Waals surface area contributed by atoms with E-state index in [1.807, 2.05) is 0 Å². The normalized spacial score (nSPS) is 12.0. The molecule has 0 rings (SSSR count). The first kappa shape index (κ1) is 21.4. The molecule has 0 aliphatic carbocycles. The van der Waals surface area contributed by atoms with Crippen molar-refractivity contribution in [2.24, 2.45) is 5.92 Å². The molecule has 0 heterocycles. The maximum absolute atomic E-state index is 10.5. The molecule has 0 fully saturated rings. The molecule has 0 saturated carbocycles. The van der Waals surface area contributed by atoms with E-state index in [2.05, 4.69) is 13.8 Å². The summed E-state index contributed by atoms with van der Waals surface area (Å²) in [6.45, 7) is 4.56. The Morgan fingerprint density at radius 3 is 1.50 bits per heavy atom. The SMILES string of the molecule is CC(C)CCCCCCCCCCCCCC(O)(O)C(=O)O. The quantitative estimate of drug-likeness (QED) is 0.307. The van der Waals surface area contributed by atoms with E-state index in [9.17, 15) is 4.79 Å². The molecular formula is C18H36O4. The first-order valence-corrected chi connectivity index (χ1v) is 9.04. The molecule has 0 amide bonds. The van der Waals surface area contributed by atoms with Crippen LogP contribution in [0.4, 0.5) is 0 Å². The lowest BCUT2D eigenvalue weighted by Crippen LogP contribution is -2.37. The number of rotatable bonds is 15. The van der Waals surface area contributed by atoms with E-state index in [-0.39, 0.29) is 6.42 Å². The molecule has 4 nitrogen and oxygen atoms in total. The maximum Gasteiger partial charge on any atom is 0.364 e. The Morgan fingerprint density at radius 1 is 0.773 bits per heavy atom. The van der Waals surface area contributed by atoms with Gasteiger partial charge in [-0.25, -0.2) is 4.79 Å². The minimum Gasteiger partial charge on any atom is -0.477 e. The van der Waals surface area contributed by atoms with Gasteiger partial charge in [0.25, 0.3) is 5.79 Å². The van der Waals surface area contributed by atoms with Crippen LogP contribution in [0.2, 0.25) is 0 Å². The highest BCUT2D eigenvalue weighted by Gasteiger charge is 2.31. The van der Waals surface area contributed by atoms with Crippen LogP contribution in [0.3, 0.4) is 0 Å². The van der Waals surface area contributed by atoms with E-state index < -0.39 is 11.8 Å². The monoisotopic (exact) mass is 316 g/mol. The van der Waals surface area contributed by atoms with Crippen LogP contribution in [0, 0.1) is 5.92 Å². The number of hydrogen-bond donors (Lipinski definition) is 3. The number of hydrogen-bond acceptors (Lipinski definition) is 3. The van der Waals surface area contributed by atoms with Crippen LogP contribution >= 0.6 is 0 Å². The zero-order chi connectivity index (χ0) is 16.8. The van der Waals surface area contributed by atoms with Gasteiger partial charge in [0.2, 0.25) is 0 Å². The molecule has 0 aliphatic heterocycles. The Morgan fingerprint density at radius 2 is 1.14 bits per heavy atom. The number of unbranched alkanes of at least 4 members (excludes halogenated alkanes) is 10. The fourth-order valence-electron chi connectivity index (χ4n) is 2.62. The number of carboxylic acids is 1. The summed E-state index contributed by atoms with van der Waals surface area (Å²) in [5.74, 6) is -3.27. The lowest BCUT2D eigenvalue weighted by atomic mass is 10.0. The van der Waals surface area contributed by atoms with Crippen molar-refractivity contribution in [3.63, 3.8) is 0 Å². The van der Waals surface area contributed by atoms with Crippen molar-refractivity contribution in [2.45, 2.75) is 103 Å². The third kappa shape index (κ3) is 13.1. The molecule has 0 atom stereocenters. The molecule has 0 aromatic rings. The molecule has 4 heteroatoms. The van der Waals surface area contributed by atoms with Crippen LogP contribution in [0.15, 0.2) is 0 Å². The summed E-state index contributed by atoms with van der Waals surface area (Å²) in [5, 5.41) is 26.8. The number of aliphatic hydroxyl groups is 2. The molecule has 0 aromatic carbocycles. The highest BCUT2D eigenvalue weighted by Crippen LogP contribution is 2.16. The Balaban J connectivity index is 3.20. The summed E-state index contributed by atoms with van der Waals surface area (Å²) in [6, 6.07) is 0. The van der Waals surface area contributed by atoms with Crippen LogP contribution in [0.1, 0.15) is 97.3 Å². The minimum absolute atomic E-state index is 0.0846. The average Bonchev–Trinajstić information content (AvgIpc) is 2.43. The number of aliphatic carboxylic acids is 1. The second-order valence-electron chi connectivity index (χ2n) is 6.94. The molecule has 0 saturated heterocycles. The summed E-state index contributed by atoms with van der Waals surface area (Å²) < 4.78 is 0. The Kier molecular flexibility index (Phi) is 12.5. The predicted octanol–water partition coefficient (Wildman–Crippen LogP) is 4.48. The summed E-state index contributed by atoms with van der Waals surface area (Å²) in [5.41, 5.74) is 0. The topological polar surface area (TPSA) is 77.8 Å². The van der Waals surface area contributed by atoms with Crippen molar-refractivity contribution in [3.8, 4) is 0 Å². The van der Waals surface area contributed by atoms with Gasteiger partial charge in [0, 0.05) is 6.42 Å². The highest BCUT2D eigenvalue weighted by molar-refractivity contribution is 5.74. The largest absolute Gasteiger partial charge is 0.477 e. The van der Waals surface area contributed by atoms with Gasteiger partial charge >= 0.3 is 5.97 Å². The van der Waals surface area contributed by atoms with E-state index in [0.29, 0.717) is 6.42 Å². The first-order valence-electron chi connectivity index (χ1n) is 9.04. The summed E-state index contributed by atoms with van der Waals surface area (Å²) in [6.07, 6.45) is 14.1. The van der Waals surface area contributed by atoms with Gasteiger partial charge in [-0.05, 0) is 12.3 Å². The summed E-state index contributed by atoms with van der Waals surface area (Å²) in [4.78, 5) is 10.5. The van der Waals surface area contributed by atoms with Gasteiger partial charge in [0.15, 0.2) is 0 Å². The molecule has 0 bridgehead atoms. The van der Waals surface area contributed by atoms with Crippen LogP contribution in [0.5, 0.6) is 0 Å². The first-order chi connectivity index (χ1) is 10.4. The fourth-order valence-corrected chi connectivity index (χ4v) is 2.62. The Bertz CT molecular complexity index is 274. The molecule has 0 spiro atoms. The summed E-state index contributed by atoms with van der Waals surface area (Å²) >= 11 is 0. The van der Waals surface area contributed by atoms with E-state index in [1.54, 1.807) is 0 Å². The molecule has 0 aliphatic rings. The maximum atomic E-state index is 10.5. The molecule has 3 N–H and O–H groups in total. The van der Waals surface area contributed by atoms with Gasteiger partial charge in [0.05, 0.1) is 0 Å². The van der Waals surface area contributed by atoms with Crippen molar-refractivity contribution in [1.82, 2.24) is 0 Å². The third-order valence-electron chi connectivity index (χ3n) is 4.15. The van der Waals surface area contributed by atoms with Crippen molar-refractivity contribution < 1.29 is 20.1 Å². The lowest BCUT2D eigenvalue weighted by molar-refractivity contribution is -0.205. The second kappa shape index (κ2) is 12.9. The molecule has 132 valence electrons. The van der Waals surface area contributed by atoms with Crippen molar-refractivity contribution in [1.29, 1.82) is 0 Å². The predicted molar refractivity (Wildman–Crippen MR) is 89.7 cm³/mol. The number of carbonyl (C=O) groups is 1. The Hall–Kier alpha value is -0.610.